The molecule has 0 fully saturated rings. The van der Waals surface area contributed by atoms with Crippen LogP contribution in [0.4, 0.5) is 4.79 Å². The topological polar surface area (TPSA) is 142 Å². The number of hydrogen-bond acceptors (Lipinski definition) is 9. The molecule has 2 aromatic carbocycles. The van der Waals surface area contributed by atoms with Crippen LogP contribution in [0.25, 0.3) is 22.8 Å². The number of carbonyl (C=O) groups is 1. The molecule has 41 heavy (non-hydrogen) atoms. The van der Waals surface area contributed by atoms with Gasteiger partial charge in [-0.05, 0) is 80.8 Å². The van der Waals surface area contributed by atoms with Crippen LogP contribution in [0, 0.1) is 13.8 Å². The first-order valence-corrected chi connectivity index (χ1v) is 19.6. The zero-order valence-corrected chi connectivity index (χ0v) is 28.0. The zero-order chi connectivity index (χ0) is 29.7. The van der Waals surface area contributed by atoms with Gasteiger partial charge in [0.15, 0.2) is 0 Å². The van der Waals surface area contributed by atoms with Crippen LogP contribution in [0.15, 0.2) is 45.4 Å². The second-order valence-electron chi connectivity index (χ2n) is 11.0. The molecule has 2 aliphatic carbocycles. The van der Waals surface area contributed by atoms with Crippen molar-refractivity contribution in [3.05, 3.63) is 70.4 Å². The lowest BCUT2D eigenvalue weighted by Gasteiger charge is -2.22. The summed E-state index contributed by atoms with van der Waals surface area (Å²) in [5.41, 5.74) is 12.3. The number of amides is 1. The number of nitrogens with zero attached hydrogens (tertiary/aromatic N) is 4. The van der Waals surface area contributed by atoms with Gasteiger partial charge in [0.05, 0.1) is 6.04 Å². The first-order chi connectivity index (χ1) is 19.6. The summed E-state index contributed by atoms with van der Waals surface area (Å²) in [5.74, 6) is 2.38. The van der Waals surface area contributed by atoms with Gasteiger partial charge in [-0.3, -0.25) is 0 Å². The Morgan fingerprint density at radius 2 is 1.41 bits per heavy atom. The first-order valence-electron chi connectivity index (χ1n) is 13.3. The minimum atomic E-state index is -0.494. The minimum Gasteiger partial charge on any atom is -0.444 e. The third kappa shape index (κ3) is 8.03. The number of nitrogens with two attached hydrogens (primary N) is 1. The maximum Gasteiger partial charge on any atom is 0.408 e. The highest BCUT2D eigenvalue weighted by molar-refractivity contribution is 15.0. The fourth-order valence-corrected chi connectivity index (χ4v) is 4.98. The van der Waals surface area contributed by atoms with Crippen molar-refractivity contribution in [2.45, 2.75) is 78.0 Å². The minimum absolute atomic E-state index is 0.0131. The first kappa shape index (κ1) is 31.3. The van der Waals surface area contributed by atoms with Crippen molar-refractivity contribution in [2.75, 3.05) is 0 Å². The summed E-state index contributed by atoms with van der Waals surface area (Å²) in [6, 6.07) is 12.4. The Morgan fingerprint density at radius 3 is 1.93 bits per heavy atom. The van der Waals surface area contributed by atoms with Crippen LogP contribution in [0.3, 0.4) is 0 Å². The molecule has 10 nitrogen and oxygen atoms in total. The standard InChI is InChI=1S/C17H21N3O3.C12H13N3O.I2/c1-10-18-15(20-23-10)12-5-7-13-11(9-12)6-8-14(13)19-16(21)22-17(2,3)4;1-7-14-12(15-16-7)9-2-4-10-8(6-9)3-5-11(10)13;1-2/h5,7,9,14H,6,8H2,1-4H3,(H,19,21);2,4,6,11H,3,5,13H2,1H3;/t14-;11-;/m11./s1. The lowest BCUT2D eigenvalue weighted by molar-refractivity contribution is 0.0503. The number of hydrogen-bond donors (Lipinski definition) is 2. The number of carbonyl (C=O) groups excluding carboxylic acids is 1. The molecule has 0 unspecified atom stereocenters. The summed E-state index contributed by atoms with van der Waals surface area (Å²) in [5, 5.41) is 10.8. The largest absolute Gasteiger partial charge is 0.444 e. The summed E-state index contributed by atoms with van der Waals surface area (Å²) in [6.45, 7) is 9.13. The molecule has 6 rings (SSSR count). The average molecular weight is 784 g/mol. The van der Waals surface area contributed by atoms with Crippen molar-refractivity contribution in [2.24, 2.45) is 5.73 Å². The highest BCUT2D eigenvalue weighted by Crippen LogP contribution is 2.34. The van der Waals surface area contributed by atoms with Gasteiger partial charge < -0.3 is 24.8 Å². The molecule has 3 N–H and O–H groups in total. The normalized spacial score (nSPS) is 17.0. The Bertz CT molecular complexity index is 1500. The second-order valence-corrected chi connectivity index (χ2v) is 11.0. The van der Waals surface area contributed by atoms with E-state index in [0.717, 1.165) is 42.4 Å². The molecule has 0 radical (unpaired) electrons. The number of aryl methyl sites for hydroxylation is 4. The van der Waals surface area contributed by atoms with Crippen molar-refractivity contribution in [1.82, 2.24) is 25.6 Å². The molecule has 1 amide bonds. The predicted octanol–water partition coefficient (Wildman–Crippen LogP) is 7.32. The van der Waals surface area contributed by atoms with E-state index in [2.05, 4.69) is 81.0 Å². The summed E-state index contributed by atoms with van der Waals surface area (Å²) in [7, 11) is 0. The molecule has 0 saturated heterocycles. The summed E-state index contributed by atoms with van der Waals surface area (Å²) in [6.07, 6.45) is 3.46. The van der Waals surface area contributed by atoms with Crippen molar-refractivity contribution < 1.29 is 18.6 Å². The molecule has 0 aliphatic heterocycles. The Labute approximate surface area is 262 Å². The maximum absolute atomic E-state index is 11.9. The number of ether oxygens (including phenoxy) is 1. The summed E-state index contributed by atoms with van der Waals surface area (Å²) >= 11 is 4.24. The van der Waals surface area contributed by atoms with Gasteiger partial charge in [-0.1, -0.05) is 34.6 Å². The number of fused-ring (bicyclic) bond motifs is 2. The highest BCUT2D eigenvalue weighted by atomic mass is 128. The molecule has 0 spiro atoms. The van der Waals surface area contributed by atoms with E-state index in [-0.39, 0.29) is 18.2 Å². The number of nitrogens with one attached hydrogen (secondary N) is 1. The van der Waals surface area contributed by atoms with Gasteiger partial charge in [0, 0.05) is 68.2 Å². The Balaban J connectivity index is 0.000000188. The number of rotatable bonds is 3. The smallest absolute Gasteiger partial charge is 0.408 e. The second kappa shape index (κ2) is 13.6. The van der Waals surface area contributed by atoms with E-state index >= 15 is 0 Å². The quantitative estimate of drug-likeness (QED) is 0.205. The molecule has 2 aliphatic rings. The predicted molar refractivity (Wildman–Crippen MR) is 173 cm³/mol. The van der Waals surface area contributed by atoms with Crippen LogP contribution in [0.5, 0.6) is 0 Å². The number of benzene rings is 2. The monoisotopic (exact) mass is 784 g/mol. The van der Waals surface area contributed by atoms with Gasteiger partial charge in [-0.2, -0.15) is 9.97 Å². The third-order valence-electron chi connectivity index (χ3n) is 6.75. The molecule has 2 atom stereocenters. The van der Waals surface area contributed by atoms with Crippen LogP contribution >= 0.6 is 37.2 Å². The number of alkyl carbamates (subject to hydrolysis) is 1. The third-order valence-corrected chi connectivity index (χ3v) is 6.75. The lowest BCUT2D eigenvalue weighted by atomic mass is 10.0. The van der Waals surface area contributed by atoms with Gasteiger partial charge in [0.2, 0.25) is 23.4 Å². The van der Waals surface area contributed by atoms with Gasteiger partial charge in [-0.25, -0.2) is 4.79 Å². The van der Waals surface area contributed by atoms with E-state index < -0.39 is 5.60 Å². The molecule has 0 bridgehead atoms. The van der Waals surface area contributed by atoms with Crippen LogP contribution < -0.4 is 11.1 Å². The van der Waals surface area contributed by atoms with Crippen LogP contribution in [0.2, 0.25) is 0 Å². The van der Waals surface area contributed by atoms with E-state index in [1.54, 1.807) is 13.8 Å². The zero-order valence-electron chi connectivity index (χ0n) is 23.7. The molecular formula is C29H34I2N6O4. The van der Waals surface area contributed by atoms with Crippen molar-refractivity contribution in [1.29, 1.82) is 0 Å². The van der Waals surface area contributed by atoms with Crippen LogP contribution in [0.1, 0.15) is 79.7 Å². The molecule has 2 aromatic heterocycles. The van der Waals surface area contributed by atoms with Gasteiger partial charge in [0.25, 0.3) is 0 Å². The van der Waals surface area contributed by atoms with E-state index in [4.69, 9.17) is 19.5 Å². The number of aromatic nitrogens is 4. The van der Waals surface area contributed by atoms with Crippen LogP contribution in [-0.4, -0.2) is 32.0 Å². The van der Waals surface area contributed by atoms with E-state index in [1.807, 2.05) is 39.0 Å². The van der Waals surface area contributed by atoms with Gasteiger partial charge >= 0.3 is 6.09 Å². The maximum atomic E-state index is 11.9. The van der Waals surface area contributed by atoms with Gasteiger partial charge in [0.1, 0.15) is 5.60 Å². The Morgan fingerprint density at radius 1 is 0.902 bits per heavy atom. The van der Waals surface area contributed by atoms with Crippen molar-refractivity contribution in [3.8, 4) is 22.8 Å². The molecule has 2 heterocycles. The molecule has 12 heteroatoms. The average Bonchev–Trinajstić information content (AvgIpc) is 3.73. The van der Waals surface area contributed by atoms with E-state index in [9.17, 15) is 4.79 Å². The SMILES string of the molecule is Cc1nc(-c2ccc3c(c2)CC[C@H]3N)no1.Cc1nc(-c2ccc3c(c2)CC[C@H]3NC(=O)OC(C)(C)C)no1.II. The fourth-order valence-electron chi connectivity index (χ4n) is 4.98. The summed E-state index contributed by atoms with van der Waals surface area (Å²) < 4.78 is 15.3. The van der Waals surface area contributed by atoms with E-state index in [0.29, 0.717) is 23.4 Å². The van der Waals surface area contributed by atoms with Crippen molar-refractivity contribution in [3.63, 3.8) is 0 Å². The Hall–Kier alpha value is -2.59. The van der Waals surface area contributed by atoms with Gasteiger partial charge in [-0.15, -0.1) is 0 Å². The molecular weight excluding hydrogens is 750 g/mol. The van der Waals surface area contributed by atoms with Crippen molar-refractivity contribution >= 4 is 43.3 Å². The fraction of sp³-hybridized carbons (Fsp3) is 0.414. The Kier molecular flexibility index (Phi) is 10.4. The van der Waals surface area contributed by atoms with E-state index in [1.165, 1.54) is 16.7 Å². The van der Waals surface area contributed by atoms with Crippen LogP contribution in [-0.2, 0) is 17.6 Å². The summed E-state index contributed by atoms with van der Waals surface area (Å²) in [4.78, 5) is 20.4. The lowest BCUT2D eigenvalue weighted by Crippen LogP contribution is -2.34. The molecule has 0 saturated carbocycles. The molecule has 4 aromatic rings. The number of halogens is 2. The molecule has 218 valence electrons. The highest BCUT2D eigenvalue weighted by Gasteiger charge is 2.27.